The molecule has 1 aliphatic heterocycles. The van der Waals surface area contributed by atoms with Gasteiger partial charge in [-0.2, -0.15) is 11.8 Å². The Balaban J connectivity index is 2.81. The van der Waals surface area contributed by atoms with E-state index in [4.69, 9.17) is 11.3 Å². The molecule has 0 radical (unpaired) electrons. The van der Waals surface area contributed by atoms with Crippen LogP contribution in [0.4, 0.5) is 0 Å². The van der Waals surface area contributed by atoms with E-state index in [1.165, 1.54) is 0 Å². The van der Waals surface area contributed by atoms with Crippen molar-refractivity contribution in [2.45, 2.75) is 26.2 Å². The highest BCUT2D eigenvalue weighted by atomic mass is 32.2. The van der Waals surface area contributed by atoms with E-state index < -0.39 is 5.97 Å². The second-order valence-electron chi connectivity index (χ2n) is 3.25. The average molecular weight is 225 g/mol. The van der Waals surface area contributed by atoms with Crippen LogP contribution in [0.25, 0.3) is 4.85 Å². The quantitative estimate of drug-likeness (QED) is 0.411. The van der Waals surface area contributed by atoms with Gasteiger partial charge in [-0.05, 0) is 37.7 Å². The van der Waals surface area contributed by atoms with Crippen LogP contribution in [0.1, 0.15) is 26.2 Å². The maximum absolute atomic E-state index is 11.5. The van der Waals surface area contributed by atoms with Crippen molar-refractivity contribution in [1.82, 2.24) is 0 Å². The smallest absolute Gasteiger partial charge is 0.336 e. The SMILES string of the molecule is [C-]#[N+]/C(C(=O)OCC)=C1\CCCSCC1. The lowest BCUT2D eigenvalue weighted by atomic mass is 10.1. The third-order valence-corrected chi connectivity index (χ3v) is 3.30. The normalized spacial score (nSPS) is 20.0. The molecule has 0 aromatic heterocycles. The van der Waals surface area contributed by atoms with Crippen LogP contribution in [0.5, 0.6) is 0 Å². The zero-order valence-electron chi connectivity index (χ0n) is 8.91. The fourth-order valence-electron chi connectivity index (χ4n) is 1.52. The molecule has 0 amide bonds. The zero-order valence-corrected chi connectivity index (χ0v) is 9.73. The van der Waals surface area contributed by atoms with Crippen LogP contribution in [-0.2, 0) is 9.53 Å². The van der Waals surface area contributed by atoms with E-state index in [1.807, 2.05) is 11.8 Å². The van der Waals surface area contributed by atoms with Gasteiger partial charge in [0.15, 0.2) is 0 Å². The largest absolute Gasteiger partial charge is 0.471 e. The van der Waals surface area contributed by atoms with E-state index in [1.54, 1.807) is 6.92 Å². The number of nitrogens with zero attached hydrogens (tertiary/aromatic N) is 1. The Kier molecular flexibility index (Phi) is 5.27. The van der Waals surface area contributed by atoms with Gasteiger partial charge in [0.1, 0.15) is 0 Å². The Morgan fingerprint density at radius 1 is 1.53 bits per heavy atom. The minimum absolute atomic E-state index is 0.222. The van der Waals surface area contributed by atoms with Crippen LogP contribution in [0.15, 0.2) is 11.3 Å². The van der Waals surface area contributed by atoms with Crippen molar-refractivity contribution >= 4 is 17.7 Å². The maximum Gasteiger partial charge on any atom is 0.336 e. The molecule has 1 aliphatic rings. The van der Waals surface area contributed by atoms with Gasteiger partial charge in [-0.15, -0.1) is 0 Å². The van der Waals surface area contributed by atoms with Crippen molar-refractivity contribution in [3.8, 4) is 0 Å². The third kappa shape index (κ3) is 3.60. The lowest BCUT2D eigenvalue weighted by Crippen LogP contribution is -2.08. The van der Waals surface area contributed by atoms with E-state index in [0.717, 1.165) is 36.3 Å². The number of rotatable bonds is 2. The zero-order chi connectivity index (χ0) is 11.1. The van der Waals surface area contributed by atoms with E-state index in [-0.39, 0.29) is 5.70 Å². The molecular formula is C11H15NO2S. The topological polar surface area (TPSA) is 30.7 Å². The summed E-state index contributed by atoms with van der Waals surface area (Å²) in [5.74, 6) is 1.68. The molecule has 0 saturated carbocycles. The Bertz CT molecular complexity index is 294. The Hall–Kier alpha value is -0.950. The second-order valence-corrected chi connectivity index (χ2v) is 4.48. The minimum atomic E-state index is -0.450. The number of hydrogen-bond acceptors (Lipinski definition) is 3. The predicted octanol–water partition coefficient (Wildman–Crippen LogP) is 2.64. The highest BCUT2D eigenvalue weighted by molar-refractivity contribution is 7.99. The first-order valence-electron chi connectivity index (χ1n) is 5.14. The van der Waals surface area contributed by atoms with Crippen LogP contribution in [0.2, 0.25) is 0 Å². The molecule has 4 heteroatoms. The summed E-state index contributed by atoms with van der Waals surface area (Å²) in [6.07, 6.45) is 2.77. The molecule has 0 aromatic rings. The van der Waals surface area contributed by atoms with Gasteiger partial charge in [-0.1, -0.05) is 5.57 Å². The molecule has 0 atom stereocenters. The monoisotopic (exact) mass is 225 g/mol. The summed E-state index contributed by atoms with van der Waals surface area (Å²) >= 11 is 1.88. The molecular weight excluding hydrogens is 210 g/mol. The second kappa shape index (κ2) is 6.52. The number of carbonyl (C=O) groups excluding carboxylic acids is 1. The average Bonchev–Trinajstić information content (AvgIpc) is 2.48. The van der Waals surface area contributed by atoms with Crippen molar-refractivity contribution in [3.05, 3.63) is 22.7 Å². The molecule has 1 rings (SSSR count). The lowest BCUT2D eigenvalue weighted by Gasteiger charge is -2.06. The predicted molar refractivity (Wildman–Crippen MR) is 61.4 cm³/mol. The molecule has 3 nitrogen and oxygen atoms in total. The number of hydrogen-bond donors (Lipinski definition) is 0. The van der Waals surface area contributed by atoms with E-state index in [0.29, 0.717) is 6.61 Å². The molecule has 0 aromatic carbocycles. The number of ether oxygens (including phenoxy) is 1. The number of carbonyl (C=O) groups is 1. The Labute approximate surface area is 94.7 Å². The minimum Gasteiger partial charge on any atom is -0.471 e. The third-order valence-electron chi connectivity index (χ3n) is 2.23. The maximum atomic E-state index is 11.5. The highest BCUT2D eigenvalue weighted by Crippen LogP contribution is 2.25. The van der Waals surface area contributed by atoms with E-state index in [9.17, 15) is 4.79 Å². The number of allylic oxidation sites excluding steroid dienone is 1. The molecule has 1 saturated heterocycles. The molecule has 0 spiro atoms. The molecule has 1 fully saturated rings. The fourth-order valence-corrected chi connectivity index (χ4v) is 2.46. The fraction of sp³-hybridized carbons (Fsp3) is 0.636. The van der Waals surface area contributed by atoms with Gasteiger partial charge >= 0.3 is 5.97 Å². The summed E-state index contributed by atoms with van der Waals surface area (Å²) in [7, 11) is 0. The van der Waals surface area contributed by atoms with Gasteiger partial charge in [0, 0.05) is 0 Å². The van der Waals surface area contributed by atoms with Gasteiger partial charge in [0.25, 0.3) is 5.70 Å². The number of esters is 1. The first-order valence-corrected chi connectivity index (χ1v) is 6.29. The molecule has 0 unspecified atom stereocenters. The van der Waals surface area contributed by atoms with Crippen LogP contribution in [-0.4, -0.2) is 24.1 Å². The van der Waals surface area contributed by atoms with Crippen molar-refractivity contribution in [2.75, 3.05) is 18.1 Å². The van der Waals surface area contributed by atoms with Crippen LogP contribution < -0.4 is 0 Å². The first kappa shape index (κ1) is 12.1. The Morgan fingerprint density at radius 3 is 3.00 bits per heavy atom. The highest BCUT2D eigenvalue weighted by Gasteiger charge is 2.18. The molecule has 1 heterocycles. The van der Waals surface area contributed by atoms with Crippen molar-refractivity contribution < 1.29 is 9.53 Å². The Morgan fingerprint density at radius 2 is 2.33 bits per heavy atom. The van der Waals surface area contributed by atoms with E-state index >= 15 is 0 Å². The van der Waals surface area contributed by atoms with Crippen LogP contribution >= 0.6 is 11.8 Å². The van der Waals surface area contributed by atoms with Gasteiger partial charge < -0.3 is 4.74 Å². The first-order chi connectivity index (χ1) is 7.29. The molecule has 0 bridgehead atoms. The van der Waals surface area contributed by atoms with Gasteiger partial charge in [-0.25, -0.2) is 4.85 Å². The summed E-state index contributed by atoms with van der Waals surface area (Å²) in [6.45, 7) is 9.13. The standard InChI is InChI=1S/C11H15NO2S/c1-3-14-11(13)10(12-2)9-5-4-7-15-8-6-9/h3-8H2,1H3/b10-9+. The lowest BCUT2D eigenvalue weighted by molar-refractivity contribution is -0.138. The van der Waals surface area contributed by atoms with Gasteiger partial charge in [0.2, 0.25) is 0 Å². The summed E-state index contributed by atoms with van der Waals surface area (Å²) < 4.78 is 4.87. The van der Waals surface area contributed by atoms with Crippen LogP contribution in [0, 0.1) is 6.57 Å². The van der Waals surface area contributed by atoms with Gasteiger partial charge in [0.05, 0.1) is 13.2 Å². The number of thioether (sulfide) groups is 1. The molecule has 0 N–H and O–H groups in total. The molecule has 82 valence electrons. The van der Waals surface area contributed by atoms with Crippen LogP contribution in [0.3, 0.4) is 0 Å². The van der Waals surface area contributed by atoms with Crippen molar-refractivity contribution in [3.63, 3.8) is 0 Å². The van der Waals surface area contributed by atoms with E-state index in [2.05, 4.69) is 4.85 Å². The molecule has 15 heavy (non-hydrogen) atoms. The summed E-state index contributed by atoms with van der Waals surface area (Å²) in [6, 6.07) is 0. The van der Waals surface area contributed by atoms with Crippen molar-refractivity contribution in [2.24, 2.45) is 0 Å². The summed E-state index contributed by atoms with van der Waals surface area (Å²) in [4.78, 5) is 14.8. The molecule has 0 aliphatic carbocycles. The van der Waals surface area contributed by atoms with Gasteiger partial charge in [-0.3, -0.25) is 4.79 Å². The van der Waals surface area contributed by atoms with Crippen molar-refractivity contribution in [1.29, 1.82) is 0 Å². The summed E-state index contributed by atoms with van der Waals surface area (Å²) in [5.41, 5.74) is 1.20. The summed E-state index contributed by atoms with van der Waals surface area (Å²) in [5, 5.41) is 0.